The zero-order valence-corrected chi connectivity index (χ0v) is 8.53. The number of hydrogen-bond donors (Lipinski definition) is 3. The van der Waals surface area contributed by atoms with Crippen molar-refractivity contribution in [2.24, 2.45) is 5.73 Å². The van der Waals surface area contributed by atoms with Gasteiger partial charge in [0, 0.05) is 24.5 Å². The second-order valence-electron chi connectivity index (χ2n) is 4.03. The van der Waals surface area contributed by atoms with E-state index >= 15 is 0 Å². The maximum Gasteiger partial charge on any atom is 0.123 e. The molecule has 1 aliphatic rings. The molecule has 1 aliphatic carbocycles. The summed E-state index contributed by atoms with van der Waals surface area (Å²) in [6, 6.07) is 1.34. The van der Waals surface area contributed by atoms with E-state index in [-0.39, 0.29) is 0 Å². The Balaban J connectivity index is 1.88. The minimum absolute atomic E-state index is 0.350. The maximum atomic E-state index is 5.74. The highest BCUT2D eigenvalue weighted by atomic mass is 15.0. The third-order valence-corrected chi connectivity index (χ3v) is 2.87. The Labute approximate surface area is 84.3 Å². The molecule has 4 N–H and O–H groups in total. The van der Waals surface area contributed by atoms with Gasteiger partial charge >= 0.3 is 0 Å². The zero-order chi connectivity index (χ0) is 9.97. The van der Waals surface area contributed by atoms with E-state index in [0.717, 1.165) is 25.1 Å². The smallest absolute Gasteiger partial charge is 0.123 e. The molecule has 0 radical (unpaired) electrons. The van der Waals surface area contributed by atoms with Crippen molar-refractivity contribution in [3.8, 4) is 0 Å². The van der Waals surface area contributed by atoms with Gasteiger partial charge in [0.1, 0.15) is 5.82 Å². The molecule has 2 rings (SSSR count). The molecular weight excluding hydrogens is 176 g/mol. The monoisotopic (exact) mass is 194 g/mol. The number of aromatic amines is 1. The third-order valence-electron chi connectivity index (χ3n) is 2.87. The van der Waals surface area contributed by atoms with Crippen LogP contribution in [-0.4, -0.2) is 22.1 Å². The maximum absolute atomic E-state index is 5.74. The highest BCUT2D eigenvalue weighted by molar-refractivity contribution is 4.98. The Kier molecular flexibility index (Phi) is 2.84. The summed E-state index contributed by atoms with van der Waals surface area (Å²) < 4.78 is 0. The lowest BCUT2D eigenvalue weighted by Gasteiger charge is -2.35. The van der Waals surface area contributed by atoms with Gasteiger partial charge in [0.25, 0.3) is 0 Å². The second kappa shape index (κ2) is 4.11. The van der Waals surface area contributed by atoms with E-state index in [2.05, 4.69) is 22.2 Å². The van der Waals surface area contributed by atoms with Crippen LogP contribution in [-0.2, 0) is 0 Å². The number of hydrogen-bond acceptors (Lipinski definition) is 3. The first kappa shape index (κ1) is 9.68. The van der Waals surface area contributed by atoms with Crippen molar-refractivity contribution in [1.82, 2.24) is 15.3 Å². The van der Waals surface area contributed by atoms with Crippen LogP contribution >= 0.6 is 0 Å². The van der Waals surface area contributed by atoms with E-state index in [1.54, 1.807) is 6.20 Å². The Morgan fingerprint density at radius 3 is 3.00 bits per heavy atom. The van der Waals surface area contributed by atoms with Crippen LogP contribution in [0, 0.1) is 0 Å². The number of rotatable bonds is 4. The molecule has 14 heavy (non-hydrogen) atoms. The summed E-state index contributed by atoms with van der Waals surface area (Å²) >= 11 is 0. The number of H-pyrrole nitrogens is 1. The summed E-state index contributed by atoms with van der Waals surface area (Å²) in [6.07, 6.45) is 6.91. The fourth-order valence-corrected chi connectivity index (χ4v) is 1.94. The molecule has 1 saturated carbocycles. The van der Waals surface area contributed by atoms with Crippen LogP contribution in [0.2, 0.25) is 0 Å². The van der Waals surface area contributed by atoms with Gasteiger partial charge in [-0.15, -0.1) is 0 Å². The molecule has 4 nitrogen and oxygen atoms in total. The van der Waals surface area contributed by atoms with Gasteiger partial charge in [-0.2, -0.15) is 0 Å². The van der Waals surface area contributed by atoms with Crippen molar-refractivity contribution in [3.05, 3.63) is 18.2 Å². The molecule has 1 atom stereocenters. The molecule has 1 unspecified atom stereocenters. The van der Waals surface area contributed by atoms with E-state index in [0.29, 0.717) is 18.1 Å². The van der Waals surface area contributed by atoms with Crippen molar-refractivity contribution in [3.63, 3.8) is 0 Å². The van der Waals surface area contributed by atoms with Crippen molar-refractivity contribution < 1.29 is 0 Å². The van der Waals surface area contributed by atoms with Gasteiger partial charge in [-0.3, -0.25) is 0 Å². The molecule has 1 aromatic rings. The molecule has 1 heterocycles. The quantitative estimate of drug-likeness (QED) is 0.668. The fourth-order valence-electron chi connectivity index (χ4n) is 1.94. The number of nitrogens with zero attached hydrogens (tertiary/aromatic N) is 1. The fraction of sp³-hybridized carbons (Fsp3) is 0.700. The van der Waals surface area contributed by atoms with Crippen LogP contribution in [0.3, 0.4) is 0 Å². The molecule has 1 fully saturated rings. The molecule has 0 bridgehead atoms. The minimum atomic E-state index is 0.350. The van der Waals surface area contributed by atoms with Crippen molar-refractivity contribution in [2.45, 2.75) is 44.3 Å². The van der Waals surface area contributed by atoms with Gasteiger partial charge in [-0.25, -0.2) is 4.98 Å². The molecule has 4 heteroatoms. The summed E-state index contributed by atoms with van der Waals surface area (Å²) in [4.78, 5) is 7.42. The van der Waals surface area contributed by atoms with Crippen LogP contribution in [0.5, 0.6) is 0 Å². The topological polar surface area (TPSA) is 66.7 Å². The molecular formula is C10H18N4. The number of imidazole rings is 1. The molecule has 78 valence electrons. The normalized spacial score (nSPS) is 28.4. The van der Waals surface area contributed by atoms with Crippen LogP contribution in [0.25, 0.3) is 0 Å². The number of nitrogens with two attached hydrogens (primary N) is 1. The molecule has 1 aromatic heterocycles. The summed E-state index contributed by atoms with van der Waals surface area (Å²) in [7, 11) is 0. The van der Waals surface area contributed by atoms with E-state index in [4.69, 9.17) is 5.73 Å². The SMILES string of the molecule is CCC(NC1CC(N)C1)c1ncc[nH]1. The lowest BCUT2D eigenvalue weighted by molar-refractivity contribution is 0.260. The highest BCUT2D eigenvalue weighted by Crippen LogP contribution is 2.22. The summed E-state index contributed by atoms with van der Waals surface area (Å²) in [5, 5.41) is 3.56. The molecule has 0 saturated heterocycles. The third kappa shape index (κ3) is 1.96. The van der Waals surface area contributed by atoms with E-state index < -0.39 is 0 Å². The van der Waals surface area contributed by atoms with Crippen molar-refractivity contribution in [2.75, 3.05) is 0 Å². The van der Waals surface area contributed by atoms with Gasteiger partial charge in [-0.05, 0) is 19.3 Å². The Bertz CT molecular complexity index is 264. The van der Waals surface area contributed by atoms with Crippen LogP contribution in [0.1, 0.15) is 38.1 Å². The second-order valence-corrected chi connectivity index (χ2v) is 4.03. The highest BCUT2D eigenvalue weighted by Gasteiger charge is 2.28. The Hall–Kier alpha value is -0.870. The van der Waals surface area contributed by atoms with Crippen molar-refractivity contribution >= 4 is 0 Å². The van der Waals surface area contributed by atoms with E-state index in [9.17, 15) is 0 Å². The van der Waals surface area contributed by atoms with Gasteiger partial charge in [-0.1, -0.05) is 6.92 Å². The lowest BCUT2D eigenvalue weighted by atomic mass is 9.87. The Morgan fingerprint density at radius 1 is 1.71 bits per heavy atom. The first-order valence-corrected chi connectivity index (χ1v) is 5.30. The van der Waals surface area contributed by atoms with E-state index in [1.807, 2.05) is 6.20 Å². The van der Waals surface area contributed by atoms with Gasteiger partial charge < -0.3 is 16.0 Å². The lowest BCUT2D eigenvalue weighted by Crippen LogP contribution is -2.49. The van der Waals surface area contributed by atoms with Gasteiger partial charge in [0.15, 0.2) is 0 Å². The predicted octanol–water partition coefficient (Wildman–Crippen LogP) is 0.940. The molecule has 0 aromatic carbocycles. The first-order valence-electron chi connectivity index (χ1n) is 5.30. The van der Waals surface area contributed by atoms with E-state index in [1.165, 1.54) is 0 Å². The minimum Gasteiger partial charge on any atom is -0.347 e. The zero-order valence-electron chi connectivity index (χ0n) is 8.53. The average Bonchev–Trinajstić information content (AvgIpc) is 2.63. The summed E-state index contributed by atoms with van der Waals surface area (Å²) in [5.74, 6) is 1.04. The predicted molar refractivity (Wildman–Crippen MR) is 55.8 cm³/mol. The number of aromatic nitrogens is 2. The standard InChI is InChI=1S/C10H18N4/c1-2-9(10-12-3-4-13-10)14-8-5-7(11)6-8/h3-4,7-9,14H,2,5-6,11H2,1H3,(H,12,13). The van der Waals surface area contributed by atoms with Gasteiger partial charge in [0.05, 0.1) is 6.04 Å². The van der Waals surface area contributed by atoms with Gasteiger partial charge in [0.2, 0.25) is 0 Å². The molecule has 0 spiro atoms. The van der Waals surface area contributed by atoms with Crippen LogP contribution in [0.4, 0.5) is 0 Å². The number of nitrogens with one attached hydrogen (secondary N) is 2. The summed E-state index contributed by atoms with van der Waals surface area (Å²) in [5.41, 5.74) is 5.74. The van der Waals surface area contributed by atoms with Crippen molar-refractivity contribution in [1.29, 1.82) is 0 Å². The van der Waals surface area contributed by atoms with Crippen LogP contribution in [0.15, 0.2) is 12.4 Å². The summed E-state index contributed by atoms with van der Waals surface area (Å²) in [6.45, 7) is 2.17. The average molecular weight is 194 g/mol. The first-order chi connectivity index (χ1) is 6.79. The van der Waals surface area contributed by atoms with Crippen LogP contribution < -0.4 is 11.1 Å². The molecule has 0 aliphatic heterocycles. The largest absolute Gasteiger partial charge is 0.347 e. The Morgan fingerprint density at radius 2 is 2.50 bits per heavy atom. The molecule has 0 amide bonds.